The summed E-state index contributed by atoms with van der Waals surface area (Å²) in [5.41, 5.74) is 4.63. The van der Waals surface area contributed by atoms with Crippen molar-refractivity contribution < 1.29 is 0 Å². The van der Waals surface area contributed by atoms with Gasteiger partial charge in [0.05, 0.1) is 0 Å². The highest BCUT2D eigenvalue weighted by Gasteiger charge is 2.07. The first kappa shape index (κ1) is 14.0. The van der Waals surface area contributed by atoms with Gasteiger partial charge in [-0.1, -0.05) is 63.6 Å². The topological polar surface area (TPSA) is 0 Å². The van der Waals surface area contributed by atoms with Crippen molar-refractivity contribution in [2.75, 3.05) is 0 Å². The van der Waals surface area contributed by atoms with Crippen molar-refractivity contribution in [1.82, 2.24) is 0 Å². The van der Waals surface area contributed by atoms with Crippen molar-refractivity contribution in [1.29, 1.82) is 0 Å². The summed E-state index contributed by atoms with van der Waals surface area (Å²) in [6.45, 7) is 9.16. The Labute approximate surface area is 107 Å². The summed E-state index contributed by atoms with van der Waals surface area (Å²) in [7, 11) is 0. The second kappa shape index (κ2) is 7.32. The van der Waals surface area contributed by atoms with E-state index in [2.05, 4.69) is 58.0 Å². The Bertz CT molecular complexity index is 338. The van der Waals surface area contributed by atoms with Crippen molar-refractivity contribution in [2.24, 2.45) is 5.92 Å². The van der Waals surface area contributed by atoms with Crippen LogP contribution in [0.4, 0.5) is 0 Å². The lowest BCUT2D eigenvalue weighted by Gasteiger charge is -2.15. The maximum absolute atomic E-state index is 2.31. The molecule has 1 aromatic carbocycles. The highest BCUT2D eigenvalue weighted by molar-refractivity contribution is 5.68. The second-order valence-corrected chi connectivity index (χ2v) is 5.09. The molecule has 0 saturated carbocycles. The van der Waals surface area contributed by atoms with E-state index < -0.39 is 0 Å². The van der Waals surface area contributed by atoms with Crippen LogP contribution in [0.15, 0.2) is 35.9 Å². The van der Waals surface area contributed by atoms with Gasteiger partial charge in [0.25, 0.3) is 0 Å². The van der Waals surface area contributed by atoms with Gasteiger partial charge in [-0.2, -0.15) is 0 Å². The largest absolute Gasteiger partial charge is 0.0670 e. The molecule has 0 fully saturated rings. The van der Waals surface area contributed by atoms with Crippen LogP contribution in [-0.2, 0) is 0 Å². The molecule has 1 rings (SSSR count). The quantitative estimate of drug-likeness (QED) is 0.588. The summed E-state index contributed by atoms with van der Waals surface area (Å²) in [5, 5.41) is 0. The zero-order chi connectivity index (χ0) is 12.7. The summed E-state index contributed by atoms with van der Waals surface area (Å²) in [6, 6.07) is 10.9. The van der Waals surface area contributed by atoms with Crippen LogP contribution in [0.2, 0.25) is 0 Å². The van der Waals surface area contributed by atoms with E-state index >= 15 is 0 Å². The number of rotatable bonds is 6. The minimum absolute atomic E-state index is 0.781. The summed E-state index contributed by atoms with van der Waals surface area (Å²) < 4.78 is 0. The average Bonchev–Trinajstić information content (AvgIpc) is 2.35. The Morgan fingerprint density at radius 3 is 2.06 bits per heavy atom. The minimum Gasteiger partial charge on any atom is -0.0670 e. The summed E-state index contributed by atoms with van der Waals surface area (Å²) in [4.78, 5) is 0. The fraction of sp³-hybridized carbons (Fsp3) is 0.529. The Morgan fingerprint density at radius 2 is 1.59 bits per heavy atom. The van der Waals surface area contributed by atoms with E-state index in [4.69, 9.17) is 0 Å². The van der Waals surface area contributed by atoms with Crippen LogP contribution >= 0.6 is 0 Å². The normalized spacial score (nSPS) is 10.6. The van der Waals surface area contributed by atoms with Crippen molar-refractivity contribution in [3.05, 3.63) is 41.5 Å². The number of allylic oxidation sites excluding steroid dienone is 2. The van der Waals surface area contributed by atoms with E-state index in [1.54, 1.807) is 11.1 Å². The standard InChI is InChI=1S/C17H26/c1-5-15(6-2)17(13-12-14(3)4)16-10-8-7-9-11-16/h7-11,14H,5-6,12-13H2,1-4H3. The average molecular weight is 230 g/mol. The predicted molar refractivity (Wildman–Crippen MR) is 78.0 cm³/mol. The molecule has 0 aliphatic heterocycles. The van der Waals surface area contributed by atoms with Gasteiger partial charge in [-0.3, -0.25) is 0 Å². The highest BCUT2D eigenvalue weighted by Crippen LogP contribution is 2.28. The Morgan fingerprint density at radius 1 is 1.00 bits per heavy atom. The van der Waals surface area contributed by atoms with Gasteiger partial charge in [0.2, 0.25) is 0 Å². The fourth-order valence-corrected chi connectivity index (χ4v) is 2.27. The molecule has 0 heterocycles. The van der Waals surface area contributed by atoms with Crippen LogP contribution in [0.3, 0.4) is 0 Å². The third kappa shape index (κ3) is 4.38. The molecule has 94 valence electrons. The molecular weight excluding hydrogens is 204 g/mol. The van der Waals surface area contributed by atoms with Crippen LogP contribution in [-0.4, -0.2) is 0 Å². The van der Waals surface area contributed by atoms with E-state index in [1.807, 2.05) is 0 Å². The number of hydrogen-bond acceptors (Lipinski definition) is 0. The van der Waals surface area contributed by atoms with Crippen LogP contribution in [0.5, 0.6) is 0 Å². The van der Waals surface area contributed by atoms with Gasteiger partial charge in [-0.15, -0.1) is 0 Å². The first-order valence-electron chi connectivity index (χ1n) is 6.95. The summed E-state index contributed by atoms with van der Waals surface area (Å²) in [6.07, 6.45) is 4.87. The van der Waals surface area contributed by atoms with E-state index in [0.717, 1.165) is 5.92 Å². The molecule has 0 atom stereocenters. The molecule has 0 spiro atoms. The monoisotopic (exact) mass is 230 g/mol. The van der Waals surface area contributed by atoms with Crippen molar-refractivity contribution in [3.63, 3.8) is 0 Å². The molecule has 0 unspecified atom stereocenters. The lowest BCUT2D eigenvalue weighted by atomic mass is 9.91. The molecule has 0 radical (unpaired) electrons. The minimum atomic E-state index is 0.781. The molecule has 17 heavy (non-hydrogen) atoms. The molecular formula is C17H26. The summed E-state index contributed by atoms with van der Waals surface area (Å²) >= 11 is 0. The molecule has 1 aromatic rings. The predicted octanol–water partition coefficient (Wildman–Crippen LogP) is 5.70. The zero-order valence-corrected chi connectivity index (χ0v) is 11.8. The van der Waals surface area contributed by atoms with Gasteiger partial charge in [-0.05, 0) is 42.7 Å². The van der Waals surface area contributed by atoms with Crippen molar-refractivity contribution in [2.45, 2.75) is 53.4 Å². The van der Waals surface area contributed by atoms with Crippen molar-refractivity contribution >= 4 is 5.57 Å². The molecule has 0 amide bonds. The SMILES string of the molecule is CCC(CC)=C(CCC(C)C)c1ccccc1. The van der Waals surface area contributed by atoms with Gasteiger partial charge in [0.1, 0.15) is 0 Å². The Hall–Kier alpha value is -1.04. The zero-order valence-electron chi connectivity index (χ0n) is 11.8. The molecule has 0 nitrogen and oxygen atoms in total. The molecule has 0 bridgehead atoms. The highest BCUT2D eigenvalue weighted by atomic mass is 14.1. The van der Waals surface area contributed by atoms with Crippen molar-refractivity contribution in [3.8, 4) is 0 Å². The fourth-order valence-electron chi connectivity index (χ4n) is 2.27. The lowest BCUT2D eigenvalue weighted by molar-refractivity contribution is 0.597. The third-order valence-corrected chi connectivity index (χ3v) is 3.37. The second-order valence-electron chi connectivity index (χ2n) is 5.09. The lowest BCUT2D eigenvalue weighted by Crippen LogP contribution is -1.95. The van der Waals surface area contributed by atoms with E-state index in [1.165, 1.54) is 31.2 Å². The first-order chi connectivity index (χ1) is 8.19. The van der Waals surface area contributed by atoms with Crippen LogP contribution < -0.4 is 0 Å². The van der Waals surface area contributed by atoms with E-state index in [0.29, 0.717) is 0 Å². The number of hydrogen-bond donors (Lipinski definition) is 0. The molecule has 0 saturated heterocycles. The first-order valence-corrected chi connectivity index (χ1v) is 6.95. The third-order valence-electron chi connectivity index (χ3n) is 3.37. The van der Waals surface area contributed by atoms with Gasteiger partial charge in [0.15, 0.2) is 0 Å². The Kier molecular flexibility index (Phi) is 6.04. The van der Waals surface area contributed by atoms with Crippen LogP contribution in [0.25, 0.3) is 5.57 Å². The molecule has 0 heteroatoms. The van der Waals surface area contributed by atoms with E-state index in [-0.39, 0.29) is 0 Å². The maximum atomic E-state index is 2.31. The molecule has 0 aromatic heterocycles. The van der Waals surface area contributed by atoms with Gasteiger partial charge < -0.3 is 0 Å². The van der Waals surface area contributed by atoms with Gasteiger partial charge >= 0.3 is 0 Å². The molecule has 0 aliphatic carbocycles. The number of benzene rings is 1. The van der Waals surface area contributed by atoms with E-state index in [9.17, 15) is 0 Å². The van der Waals surface area contributed by atoms with Gasteiger partial charge in [0, 0.05) is 0 Å². The van der Waals surface area contributed by atoms with Gasteiger partial charge in [-0.25, -0.2) is 0 Å². The Balaban J connectivity index is 2.98. The summed E-state index contributed by atoms with van der Waals surface area (Å²) in [5.74, 6) is 0.781. The maximum Gasteiger partial charge on any atom is -0.0225 e. The smallest absolute Gasteiger partial charge is 0.0225 e. The van der Waals surface area contributed by atoms with Crippen LogP contribution in [0, 0.1) is 5.92 Å². The van der Waals surface area contributed by atoms with Crippen LogP contribution in [0.1, 0.15) is 58.9 Å². The molecule has 0 aliphatic rings. The molecule has 0 N–H and O–H groups in total.